The Balaban J connectivity index is 1.99. The maximum Gasteiger partial charge on any atom is 0.264 e. The van der Waals surface area contributed by atoms with Gasteiger partial charge >= 0.3 is 0 Å². The Morgan fingerprint density at radius 3 is 3.14 bits per heavy atom. The molecule has 21 heavy (non-hydrogen) atoms. The molecule has 4 nitrogen and oxygen atoms in total. The Kier molecular flexibility index (Phi) is 3.56. The summed E-state index contributed by atoms with van der Waals surface area (Å²) < 4.78 is 0. The Hall–Kier alpha value is -2.06. The van der Waals surface area contributed by atoms with Gasteiger partial charge < -0.3 is 11.1 Å². The molecule has 1 aliphatic rings. The maximum absolute atomic E-state index is 12.3. The van der Waals surface area contributed by atoms with E-state index in [1.54, 1.807) is 0 Å². The van der Waals surface area contributed by atoms with Crippen molar-refractivity contribution in [3.8, 4) is 12.3 Å². The van der Waals surface area contributed by atoms with E-state index in [2.05, 4.69) is 22.3 Å². The van der Waals surface area contributed by atoms with Gasteiger partial charge in [0.1, 0.15) is 9.71 Å². The molecule has 0 radical (unpaired) electrons. The highest BCUT2D eigenvalue weighted by Crippen LogP contribution is 2.35. The van der Waals surface area contributed by atoms with Gasteiger partial charge in [-0.05, 0) is 37.3 Å². The molecule has 1 atom stereocenters. The van der Waals surface area contributed by atoms with Gasteiger partial charge in [0, 0.05) is 11.1 Å². The number of pyridine rings is 1. The summed E-state index contributed by atoms with van der Waals surface area (Å²) in [5.41, 5.74) is 9.07. The van der Waals surface area contributed by atoms with Crippen molar-refractivity contribution in [1.82, 2.24) is 10.3 Å². The lowest BCUT2D eigenvalue weighted by Gasteiger charge is -2.09. The van der Waals surface area contributed by atoms with E-state index in [0.29, 0.717) is 17.0 Å². The molecule has 0 aliphatic heterocycles. The summed E-state index contributed by atoms with van der Waals surface area (Å²) >= 11 is 1.34. The number of terminal acetylenes is 1. The van der Waals surface area contributed by atoms with Crippen LogP contribution in [-0.4, -0.2) is 16.9 Å². The Morgan fingerprint density at radius 1 is 1.62 bits per heavy atom. The summed E-state index contributed by atoms with van der Waals surface area (Å²) in [6.07, 6.45) is 9.28. The van der Waals surface area contributed by atoms with Crippen LogP contribution in [0.3, 0.4) is 0 Å². The largest absolute Gasteiger partial charge is 0.397 e. The number of nitrogens with two attached hydrogens (primary N) is 1. The summed E-state index contributed by atoms with van der Waals surface area (Å²) in [7, 11) is 0. The number of carbonyl (C=O) groups excluding carboxylic acids is 1. The Morgan fingerprint density at radius 2 is 2.43 bits per heavy atom. The van der Waals surface area contributed by atoms with Crippen LogP contribution in [0.5, 0.6) is 0 Å². The second-order valence-electron chi connectivity index (χ2n) is 5.25. The highest BCUT2D eigenvalue weighted by Gasteiger charge is 2.21. The summed E-state index contributed by atoms with van der Waals surface area (Å²) in [6, 6.07) is 1.83. The van der Waals surface area contributed by atoms with Gasteiger partial charge in [-0.25, -0.2) is 4.98 Å². The minimum absolute atomic E-state index is 0.208. The first kappa shape index (κ1) is 13.9. The monoisotopic (exact) mass is 299 g/mol. The molecule has 5 heteroatoms. The predicted octanol–water partition coefficient (Wildman–Crippen LogP) is 2.51. The standard InChI is InChI=1S/C16H17N3OS/c1-3-10(4-2)18-15(20)14-13(17)11-8-9-6-5-7-12(9)19-16(11)21-14/h1,8,10H,4-7,17H2,2H3,(H,18,20). The number of nitrogens with one attached hydrogen (secondary N) is 1. The number of rotatable bonds is 3. The SMILES string of the molecule is C#CC(CC)NC(=O)c1sc2nc3c(cc2c1N)CCC3. The van der Waals surface area contributed by atoms with Gasteiger partial charge in [0.25, 0.3) is 5.91 Å². The van der Waals surface area contributed by atoms with Crippen LogP contribution in [-0.2, 0) is 12.8 Å². The maximum atomic E-state index is 12.3. The minimum Gasteiger partial charge on any atom is -0.397 e. The molecular formula is C16H17N3OS. The van der Waals surface area contributed by atoms with Crippen molar-refractivity contribution in [2.75, 3.05) is 5.73 Å². The van der Waals surface area contributed by atoms with Gasteiger partial charge in [-0.2, -0.15) is 0 Å². The fraction of sp³-hybridized carbons (Fsp3) is 0.375. The van der Waals surface area contributed by atoms with Crippen molar-refractivity contribution in [3.63, 3.8) is 0 Å². The summed E-state index contributed by atoms with van der Waals surface area (Å²) in [5.74, 6) is 2.35. The molecule has 3 rings (SSSR count). The molecule has 0 bridgehead atoms. The first-order chi connectivity index (χ1) is 10.1. The molecule has 0 fully saturated rings. The zero-order valence-electron chi connectivity index (χ0n) is 11.9. The highest BCUT2D eigenvalue weighted by molar-refractivity contribution is 7.21. The summed E-state index contributed by atoms with van der Waals surface area (Å²) in [4.78, 5) is 18.3. The van der Waals surface area contributed by atoms with Crippen LogP contribution in [0.1, 0.15) is 40.7 Å². The van der Waals surface area contributed by atoms with Crippen LogP contribution in [0.15, 0.2) is 6.07 Å². The first-order valence-electron chi connectivity index (χ1n) is 7.11. The van der Waals surface area contributed by atoms with E-state index in [1.165, 1.54) is 16.9 Å². The van der Waals surface area contributed by atoms with Gasteiger partial charge in [-0.1, -0.05) is 12.8 Å². The number of aromatic nitrogens is 1. The number of anilines is 1. The fourth-order valence-electron chi connectivity index (χ4n) is 2.65. The van der Waals surface area contributed by atoms with E-state index in [1.807, 2.05) is 6.92 Å². The number of thiophene rings is 1. The van der Waals surface area contributed by atoms with Crippen LogP contribution in [0.25, 0.3) is 10.2 Å². The molecule has 1 amide bonds. The lowest BCUT2D eigenvalue weighted by atomic mass is 10.1. The average Bonchev–Trinajstić information content (AvgIpc) is 3.07. The van der Waals surface area contributed by atoms with Gasteiger partial charge in [0.05, 0.1) is 11.7 Å². The van der Waals surface area contributed by atoms with Gasteiger partial charge in [-0.3, -0.25) is 4.79 Å². The molecule has 0 saturated heterocycles. The molecule has 2 heterocycles. The third-order valence-electron chi connectivity index (χ3n) is 3.87. The van der Waals surface area contributed by atoms with E-state index in [9.17, 15) is 4.79 Å². The molecular weight excluding hydrogens is 282 g/mol. The van der Waals surface area contributed by atoms with Crippen molar-refractivity contribution in [2.24, 2.45) is 0 Å². The van der Waals surface area contributed by atoms with Gasteiger partial charge in [-0.15, -0.1) is 17.8 Å². The van der Waals surface area contributed by atoms with Crippen LogP contribution in [0, 0.1) is 12.3 Å². The molecule has 3 N–H and O–H groups in total. The lowest BCUT2D eigenvalue weighted by molar-refractivity contribution is 0.0950. The van der Waals surface area contributed by atoms with Gasteiger partial charge in [0.15, 0.2) is 0 Å². The van der Waals surface area contributed by atoms with Crippen molar-refractivity contribution in [1.29, 1.82) is 0 Å². The number of hydrogen-bond donors (Lipinski definition) is 2. The molecule has 0 aromatic carbocycles. The van der Waals surface area contributed by atoms with Crippen molar-refractivity contribution in [3.05, 3.63) is 22.2 Å². The van der Waals surface area contributed by atoms with E-state index in [0.717, 1.165) is 35.2 Å². The number of nitrogen functional groups attached to an aromatic ring is 1. The van der Waals surface area contributed by atoms with Crippen molar-refractivity contribution in [2.45, 2.75) is 38.6 Å². The van der Waals surface area contributed by atoms with E-state index in [4.69, 9.17) is 12.2 Å². The third kappa shape index (κ3) is 2.36. The highest BCUT2D eigenvalue weighted by atomic mass is 32.1. The fourth-order valence-corrected chi connectivity index (χ4v) is 3.65. The van der Waals surface area contributed by atoms with Crippen molar-refractivity contribution < 1.29 is 4.79 Å². The molecule has 2 aromatic heterocycles. The molecule has 1 unspecified atom stereocenters. The first-order valence-corrected chi connectivity index (χ1v) is 7.93. The number of amides is 1. The number of nitrogens with zero attached hydrogens (tertiary/aromatic N) is 1. The van der Waals surface area contributed by atoms with Gasteiger partial charge in [0.2, 0.25) is 0 Å². The van der Waals surface area contributed by atoms with E-state index >= 15 is 0 Å². The second kappa shape index (κ2) is 5.38. The molecule has 2 aromatic rings. The Labute approximate surface area is 127 Å². The van der Waals surface area contributed by atoms with Crippen LogP contribution in [0.4, 0.5) is 5.69 Å². The Bertz CT molecular complexity index is 757. The van der Waals surface area contributed by atoms with Crippen LogP contribution in [0.2, 0.25) is 0 Å². The van der Waals surface area contributed by atoms with E-state index in [-0.39, 0.29) is 11.9 Å². The molecule has 108 valence electrons. The topological polar surface area (TPSA) is 68.0 Å². The van der Waals surface area contributed by atoms with Crippen LogP contribution >= 0.6 is 11.3 Å². The lowest BCUT2D eigenvalue weighted by Crippen LogP contribution is -2.33. The quantitative estimate of drug-likeness (QED) is 0.856. The zero-order valence-corrected chi connectivity index (χ0v) is 12.7. The average molecular weight is 299 g/mol. The minimum atomic E-state index is -0.264. The van der Waals surface area contributed by atoms with Crippen molar-refractivity contribution >= 4 is 33.1 Å². The molecule has 0 saturated carbocycles. The number of fused-ring (bicyclic) bond motifs is 2. The number of aryl methyl sites for hydroxylation is 2. The normalized spacial score (nSPS) is 14.7. The predicted molar refractivity (Wildman–Crippen MR) is 86.4 cm³/mol. The van der Waals surface area contributed by atoms with Crippen LogP contribution < -0.4 is 11.1 Å². The summed E-state index contributed by atoms with van der Waals surface area (Å²) in [6.45, 7) is 1.94. The number of carbonyl (C=O) groups is 1. The molecule has 1 aliphatic carbocycles. The second-order valence-corrected chi connectivity index (χ2v) is 6.25. The smallest absolute Gasteiger partial charge is 0.264 e. The zero-order chi connectivity index (χ0) is 15.0. The third-order valence-corrected chi connectivity index (χ3v) is 4.98. The van der Waals surface area contributed by atoms with E-state index < -0.39 is 0 Å². The number of hydrogen-bond acceptors (Lipinski definition) is 4. The molecule has 0 spiro atoms. The summed E-state index contributed by atoms with van der Waals surface area (Å²) in [5, 5.41) is 3.71.